The molecule has 0 radical (unpaired) electrons. The van der Waals surface area contributed by atoms with E-state index in [9.17, 15) is 4.79 Å². The number of aliphatic hydroxyl groups is 1. The monoisotopic (exact) mass is 147 g/mol. The number of rotatable bonds is 3. The molecular formula is C6H13NO3. The van der Waals surface area contributed by atoms with Crippen molar-refractivity contribution < 1.29 is 15.0 Å². The predicted octanol–water partition coefficient (Wildman–Crippen LogP) is -0.616. The summed E-state index contributed by atoms with van der Waals surface area (Å²) in [7, 11) is 3.23. The Bertz CT molecular complexity index is 135. The van der Waals surface area contributed by atoms with Gasteiger partial charge in [-0.1, -0.05) is 0 Å². The Hall–Kier alpha value is -0.610. The van der Waals surface area contributed by atoms with Gasteiger partial charge in [-0.05, 0) is 21.0 Å². The van der Waals surface area contributed by atoms with Gasteiger partial charge in [0.1, 0.15) is 5.54 Å². The fourth-order valence-corrected chi connectivity index (χ4v) is 0.400. The van der Waals surface area contributed by atoms with E-state index in [1.54, 1.807) is 14.1 Å². The second kappa shape index (κ2) is 2.98. The molecule has 1 unspecified atom stereocenters. The molecule has 2 N–H and O–H groups in total. The summed E-state index contributed by atoms with van der Waals surface area (Å²) in [5.41, 5.74) is -1.15. The zero-order valence-corrected chi connectivity index (χ0v) is 6.46. The van der Waals surface area contributed by atoms with Crippen molar-refractivity contribution in [1.82, 2.24) is 4.90 Å². The smallest absolute Gasteiger partial charge is 0.326 e. The van der Waals surface area contributed by atoms with Crippen LogP contribution in [-0.4, -0.2) is 47.3 Å². The molecule has 0 saturated carbocycles. The highest BCUT2D eigenvalue weighted by molar-refractivity contribution is 5.78. The first-order valence-electron chi connectivity index (χ1n) is 2.97. The van der Waals surface area contributed by atoms with E-state index in [1.165, 1.54) is 11.8 Å². The Kier molecular flexibility index (Phi) is 2.80. The highest BCUT2D eigenvalue weighted by Crippen LogP contribution is 2.09. The van der Waals surface area contributed by atoms with Gasteiger partial charge in [0.25, 0.3) is 0 Å². The number of nitrogens with zero attached hydrogens (tertiary/aromatic N) is 1. The molecule has 0 aliphatic heterocycles. The van der Waals surface area contributed by atoms with E-state index in [0.717, 1.165) is 0 Å². The fourth-order valence-electron chi connectivity index (χ4n) is 0.400. The van der Waals surface area contributed by atoms with Gasteiger partial charge in [0.2, 0.25) is 0 Å². The zero-order valence-electron chi connectivity index (χ0n) is 6.46. The minimum atomic E-state index is -1.15. The van der Waals surface area contributed by atoms with Crippen molar-refractivity contribution in [3.05, 3.63) is 0 Å². The normalized spacial score (nSPS) is 16.9. The first kappa shape index (κ1) is 9.39. The first-order valence-corrected chi connectivity index (χ1v) is 2.97. The maximum absolute atomic E-state index is 10.5. The summed E-state index contributed by atoms with van der Waals surface area (Å²) in [6.07, 6.45) is 0. The maximum Gasteiger partial charge on any atom is 0.326 e. The van der Waals surface area contributed by atoms with Crippen LogP contribution in [0.2, 0.25) is 0 Å². The van der Waals surface area contributed by atoms with Gasteiger partial charge < -0.3 is 10.2 Å². The topological polar surface area (TPSA) is 60.8 Å². The highest BCUT2D eigenvalue weighted by atomic mass is 16.4. The molecule has 0 heterocycles. The van der Waals surface area contributed by atoms with Crippen molar-refractivity contribution in [3.8, 4) is 0 Å². The van der Waals surface area contributed by atoms with E-state index in [-0.39, 0.29) is 6.61 Å². The summed E-state index contributed by atoms with van der Waals surface area (Å²) in [4.78, 5) is 12.0. The van der Waals surface area contributed by atoms with Crippen LogP contribution in [0.15, 0.2) is 0 Å². The summed E-state index contributed by atoms with van der Waals surface area (Å²) in [5, 5.41) is 17.3. The Balaban J connectivity index is 4.38. The van der Waals surface area contributed by atoms with E-state index >= 15 is 0 Å². The molecule has 0 bridgehead atoms. The number of likely N-dealkylation sites (N-methyl/N-ethyl adjacent to an activating group) is 1. The van der Waals surface area contributed by atoms with Gasteiger partial charge in [-0.25, -0.2) is 0 Å². The van der Waals surface area contributed by atoms with Crippen LogP contribution in [-0.2, 0) is 4.79 Å². The molecule has 0 aliphatic rings. The minimum absolute atomic E-state index is 0.380. The molecule has 0 aromatic carbocycles. The van der Waals surface area contributed by atoms with Gasteiger partial charge in [0, 0.05) is 0 Å². The van der Waals surface area contributed by atoms with Crippen LogP contribution in [0.4, 0.5) is 0 Å². The van der Waals surface area contributed by atoms with E-state index in [4.69, 9.17) is 10.2 Å². The van der Waals surface area contributed by atoms with Crippen molar-refractivity contribution in [2.75, 3.05) is 20.7 Å². The van der Waals surface area contributed by atoms with E-state index in [1.807, 2.05) is 0 Å². The molecule has 0 aromatic heterocycles. The van der Waals surface area contributed by atoms with E-state index in [2.05, 4.69) is 0 Å². The molecule has 0 aliphatic carbocycles. The first-order chi connectivity index (χ1) is 4.45. The lowest BCUT2D eigenvalue weighted by Crippen LogP contribution is -2.51. The van der Waals surface area contributed by atoms with Crippen molar-refractivity contribution >= 4 is 5.97 Å². The van der Waals surface area contributed by atoms with Gasteiger partial charge in [0.05, 0.1) is 6.61 Å². The van der Waals surface area contributed by atoms with Crippen LogP contribution < -0.4 is 0 Å². The summed E-state index contributed by atoms with van der Waals surface area (Å²) in [5.74, 6) is -1.01. The molecule has 0 rings (SSSR count). The Morgan fingerprint density at radius 3 is 2.00 bits per heavy atom. The molecule has 0 fully saturated rings. The molecule has 4 nitrogen and oxygen atoms in total. The minimum Gasteiger partial charge on any atom is -0.480 e. The van der Waals surface area contributed by atoms with Crippen LogP contribution in [0, 0.1) is 0 Å². The van der Waals surface area contributed by atoms with Crippen LogP contribution >= 0.6 is 0 Å². The Labute approximate surface area is 60.1 Å². The number of aliphatic hydroxyl groups excluding tert-OH is 1. The van der Waals surface area contributed by atoms with Gasteiger partial charge in [0.15, 0.2) is 0 Å². The molecule has 60 valence electrons. The number of aliphatic carboxylic acids is 1. The standard InChI is InChI=1S/C6H13NO3/c1-6(4-8,5(9)10)7(2)3/h8H,4H2,1-3H3,(H,9,10). The summed E-state index contributed by atoms with van der Waals surface area (Å²) in [6, 6.07) is 0. The SMILES string of the molecule is CN(C)C(C)(CO)C(=O)O. The number of hydrogen-bond acceptors (Lipinski definition) is 3. The second-order valence-corrected chi connectivity index (χ2v) is 2.63. The van der Waals surface area contributed by atoms with Crippen LogP contribution in [0.1, 0.15) is 6.92 Å². The summed E-state index contributed by atoms with van der Waals surface area (Å²) >= 11 is 0. The van der Waals surface area contributed by atoms with Gasteiger partial charge >= 0.3 is 5.97 Å². The summed E-state index contributed by atoms with van der Waals surface area (Å²) in [6.45, 7) is 1.09. The van der Waals surface area contributed by atoms with Gasteiger partial charge in [-0.2, -0.15) is 0 Å². The summed E-state index contributed by atoms with van der Waals surface area (Å²) < 4.78 is 0. The van der Waals surface area contributed by atoms with Crippen molar-refractivity contribution in [3.63, 3.8) is 0 Å². The molecule has 4 heteroatoms. The van der Waals surface area contributed by atoms with Gasteiger partial charge in [-0.15, -0.1) is 0 Å². The Morgan fingerprint density at radius 1 is 1.60 bits per heavy atom. The number of carboxylic acid groups (broad SMARTS) is 1. The number of carbonyl (C=O) groups is 1. The number of hydrogen-bond donors (Lipinski definition) is 2. The zero-order chi connectivity index (χ0) is 8.36. The molecule has 0 saturated heterocycles. The lowest BCUT2D eigenvalue weighted by Gasteiger charge is -2.29. The average Bonchev–Trinajstić information content (AvgIpc) is 1.85. The molecule has 0 amide bonds. The predicted molar refractivity (Wildman–Crippen MR) is 36.8 cm³/mol. The lowest BCUT2D eigenvalue weighted by atomic mass is 10.0. The molecule has 1 atom stereocenters. The highest BCUT2D eigenvalue weighted by Gasteiger charge is 2.34. The largest absolute Gasteiger partial charge is 0.480 e. The Morgan fingerprint density at radius 2 is 2.00 bits per heavy atom. The van der Waals surface area contributed by atoms with Crippen LogP contribution in [0.25, 0.3) is 0 Å². The third-order valence-corrected chi connectivity index (χ3v) is 1.76. The average molecular weight is 147 g/mol. The lowest BCUT2D eigenvalue weighted by molar-refractivity contribution is -0.151. The van der Waals surface area contributed by atoms with Gasteiger partial charge in [-0.3, -0.25) is 9.69 Å². The quantitative estimate of drug-likeness (QED) is 0.558. The molecule has 0 spiro atoms. The third-order valence-electron chi connectivity index (χ3n) is 1.76. The van der Waals surface area contributed by atoms with Crippen molar-refractivity contribution in [2.24, 2.45) is 0 Å². The molecular weight excluding hydrogens is 134 g/mol. The molecule has 10 heavy (non-hydrogen) atoms. The van der Waals surface area contributed by atoms with E-state index in [0.29, 0.717) is 0 Å². The number of carboxylic acids is 1. The van der Waals surface area contributed by atoms with Crippen LogP contribution in [0.3, 0.4) is 0 Å². The molecule has 0 aromatic rings. The van der Waals surface area contributed by atoms with E-state index < -0.39 is 11.5 Å². The van der Waals surface area contributed by atoms with Crippen molar-refractivity contribution in [1.29, 1.82) is 0 Å². The third kappa shape index (κ3) is 1.46. The van der Waals surface area contributed by atoms with Crippen LogP contribution in [0.5, 0.6) is 0 Å². The second-order valence-electron chi connectivity index (χ2n) is 2.63. The maximum atomic E-state index is 10.5. The fraction of sp³-hybridized carbons (Fsp3) is 0.833. The van der Waals surface area contributed by atoms with Crippen molar-refractivity contribution in [2.45, 2.75) is 12.5 Å².